The molecule has 46 heavy (non-hydrogen) atoms. The van der Waals surface area contributed by atoms with E-state index < -0.39 is 0 Å². The summed E-state index contributed by atoms with van der Waals surface area (Å²) in [7, 11) is 0. The fourth-order valence-corrected chi connectivity index (χ4v) is 8.09. The van der Waals surface area contributed by atoms with E-state index in [0.717, 1.165) is 24.8 Å². The van der Waals surface area contributed by atoms with E-state index in [1.165, 1.54) is 44.5 Å². The van der Waals surface area contributed by atoms with Crippen molar-refractivity contribution in [3.63, 3.8) is 0 Å². The molecule has 0 N–H and O–H groups in total. The van der Waals surface area contributed by atoms with Crippen LogP contribution in [0.5, 0.6) is 0 Å². The minimum atomic E-state index is 0.382. The number of benzene rings is 2. The van der Waals surface area contributed by atoms with Gasteiger partial charge in [0.2, 0.25) is 0 Å². The molecule has 3 aromatic rings. The Labute approximate surface area is 278 Å². The van der Waals surface area contributed by atoms with Crippen LogP contribution in [0.3, 0.4) is 0 Å². The topological polar surface area (TPSA) is 12.9 Å². The molecule has 0 aliphatic heterocycles. The first kappa shape index (κ1) is 33.1. The van der Waals surface area contributed by atoms with Gasteiger partial charge in [-0.25, -0.2) is 0 Å². The van der Waals surface area contributed by atoms with E-state index >= 15 is 0 Å². The Morgan fingerprint density at radius 1 is 0.913 bits per heavy atom. The Kier molecular flexibility index (Phi) is 11.1. The van der Waals surface area contributed by atoms with E-state index in [-0.39, 0.29) is 0 Å². The van der Waals surface area contributed by atoms with Crippen molar-refractivity contribution < 1.29 is 0 Å². The van der Waals surface area contributed by atoms with Crippen LogP contribution in [0.25, 0.3) is 16.7 Å². The molecule has 0 spiro atoms. The van der Waals surface area contributed by atoms with Gasteiger partial charge in [-0.05, 0) is 114 Å². The highest BCUT2D eigenvalue weighted by Gasteiger charge is 2.42. The third-order valence-electron chi connectivity index (χ3n) is 10.5. The van der Waals surface area contributed by atoms with Crippen LogP contribution in [0.4, 0.5) is 0 Å². The zero-order valence-corrected chi connectivity index (χ0v) is 28.5. The number of hydrogen-bond donors (Lipinski definition) is 0. The molecule has 5 rings (SSSR count). The fourth-order valence-electron chi connectivity index (χ4n) is 8.09. The van der Waals surface area contributed by atoms with Gasteiger partial charge in [-0.1, -0.05) is 142 Å². The van der Waals surface area contributed by atoms with E-state index in [1.807, 2.05) is 24.5 Å². The highest BCUT2D eigenvalue weighted by atomic mass is 14.6. The Hall–Kier alpha value is -4.23. The molecule has 0 saturated heterocycles. The molecule has 0 bridgehead atoms. The summed E-state index contributed by atoms with van der Waals surface area (Å²) >= 11 is 0. The molecule has 1 aromatic heterocycles. The van der Waals surface area contributed by atoms with E-state index in [9.17, 15) is 0 Å². The number of hydrogen-bond acceptors (Lipinski definition) is 1. The van der Waals surface area contributed by atoms with Gasteiger partial charge in [-0.3, -0.25) is 4.98 Å². The number of nitrogens with zero attached hydrogens (tertiary/aromatic N) is 1. The van der Waals surface area contributed by atoms with Crippen molar-refractivity contribution in [3.8, 4) is 11.1 Å². The van der Waals surface area contributed by atoms with Crippen molar-refractivity contribution in [2.24, 2.45) is 29.6 Å². The Morgan fingerprint density at radius 3 is 2.30 bits per heavy atom. The van der Waals surface area contributed by atoms with Crippen molar-refractivity contribution in [2.75, 3.05) is 0 Å². The predicted octanol–water partition coefficient (Wildman–Crippen LogP) is 12.3. The molecule has 236 valence electrons. The van der Waals surface area contributed by atoms with Gasteiger partial charge < -0.3 is 0 Å². The van der Waals surface area contributed by atoms with Crippen LogP contribution >= 0.6 is 0 Å². The van der Waals surface area contributed by atoms with E-state index in [0.29, 0.717) is 35.5 Å². The smallest absolute Gasteiger partial charge is 0.0346 e. The van der Waals surface area contributed by atoms with Crippen molar-refractivity contribution >= 4 is 5.57 Å². The van der Waals surface area contributed by atoms with Crippen LogP contribution in [0.2, 0.25) is 0 Å². The Bertz CT molecular complexity index is 1640. The largest absolute Gasteiger partial charge is 0.264 e. The summed E-state index contributed by atoms with van der Waals surface area (Å²) < 4.78 is 0. The van der Waals surface area contributed by atoms with Crippen LogP contribution in [-0.4, -0.2) is 4.98 Å². The summed E-state index contributed by atoms with van der Waals surface area (Å²) in [6.07, 6.45) is 25.1. The molecule has 2 aliphatic rings. The van der Waals surface area contributed by atoms with E-state index in [1.54, 1.807) is 0 Å². The molecule has 2 aliphatic carbocycles. The monoisotopic (exact) mass is 605 g/mol. The van der Waals surface area contributed by atoms with Crippen LogP contribution < -0.4 is 0 Å². The van der Waals surface area contributed by atoms with Crippen molar-refractivity contribution in [1.82, 2.24) is 4.98 Å². The SMILES string of the molecule is C=C/C=C\C1=C(C)C(C2C=CCC(C(CC=C)c3ccc(-c4cccnc4)cc3)C2C)C(C)C(/C=C\CC)=C1c1ccc(C)cc1. The highest BCUT2D eigenvalue weighted by Crippen LogP contribution is 2.52. The van der Waals surface area contributed by atoms with Gasteiger partial charge >= 0.3 is 0 Å². The van der Waals surface area contributed by atoms with Crippen LogP contribution in [0, 0.1) is 36.5 Å². The Morgan fingerprint density at radius 2 is 1.65 bits per heavy atom. The molecule has 6 atom stereocenters. The molecule has 6 unspecified atom stereocenters. The number of rotatable bonds is 11. The van der Waals surface area contributed by atoms with Gasteiger partial charge in [0.25, 0.3) is 0 Å². The van der Waals surface area contributed by atoms with Gasteiger partial charge in [0, 0.05) is 12.4 Å². The van der Waals surface area contributed by atoms with Crippen LogP contribution in [0.15, 0.2) is 152 Å². The molecule has 1 heteroatoms. The second-order valence-electron chi connectivity index (χ2n) is 13.3. The molecule has 0 fully saturated rings. The minimum absolute atomic E-state index is 0.382. The summed E-state index contributed by atoms with van der Waals surface area (Å²) in [5.41, 5.74) is 12.0. The van der Waals surface area contributed by atoms with Gasteiger partial charge in [-0.15, -0.1) is 6.58 Å². The predicted molar refractivity (Wildman–Crippen MR) is 199 cm³/mol. The first-order valence-electron chi connectivity index (χ1n) is 17.1. The third-order valence-corrected chi connectivity index (χ3v) is 10.5. The zero-order valence-electron chi connectivity index (χ0n) is 28.5. The molecular formula is C45H51N. The standard InChI is InChI=1S/C45H51N/c1-8-11-17-41-33(6)44(34(7)42(18-12-9-2)45(41)37-23-21-31(4)22-24-37)40-20-13-19-39(32(40)5)43(15-10-3)36-27-25-35(26-28-36)38-16-14-29-46-30-38/h8,10-14,16-18,20-30,32,34,39-40,43-44H,1,3,9,15,19H2,2,4-7H3/b17-11-,18-12-. The molecule has 2 aromatic carbocycles. The zero-order chi connectivity index (χ0) is 32.6. The summed E-state index contributed by atoms with van der Waals surface area (Å²) in [6, 6.07) is 22.4. The normalized spacial score (nSPS) is 24.2. The first-order valence-corrected chi connectivity index (χ1v) is 17.1. The molecule has 0 radical (unpaired) electrons. The number of aromatic nitrogens is 1. The summed E-state index contributed by atoms with van der Waals surface area (Å²) in [5.74, 6) is 2.68. The van der Waals surface area contributed by atoms with Crippen molar-refractivity contribution in [3.05, 3.63) is 168 Å². The maximum atomic E-state index is 4.32. The van der Waals surface area contributed by atoms with Crippen LogP contribution in [0.1, 0.15) is 69.6 Å². The molecular weight excluding hydrogens is 555 g/mol. The van der Waals surface area contributed by atoms with Gasteiger partial charge in [0.1, 0.15) is 0 Å². The maximum Gasteiger partial charge on any atom is 0.0346 e. The summed E-state index contributed by atoms with van der Waals surface area (Å²) in [6.45, 7) is 20.0. The van der Waals surface area contributed by atoms with Crippen molar-refractivity contribution in [2.45, 2.75) is 59.8 Å². The maximum absolute atomic E-state index is 4.32. The average Bonchev–Trinajstić information content (AvgIpc) is 3.08. The second kappa shape index (κ2) is 15.4. The molecule has 1 heterocycles. The lowest BCUT2D eigenvalue weighted by Gasteiger charge is -2.45. The lowest BCUT2D eigenvalue weighted by atomic mass is 9.59. The second-order valence-corrected chi connectivity index (χ2v) is 13.3. The average molecular weight is 606 g/mol. The van der Waals surface area contributed by atoms with Gasteiger partial charge in [0.05, 0.1) is 0 Å². The number of aryl methyl sites for hydroxylation is 1. The highest BCUT2D eigenvalue weighted by molar-refractivity contribution is 5.88. The van der Waals surface area contributed by atoms with Crippen molar-refractivity contribution in [1.29, 1.82) is 0 Å². The number of pyridine rings is 1. The lowest BCUT2D eigenvalue weighted by Crippen LogP contribution is -2.37. The third kappa shape index (κ3) is 6.95. The first-order chi connectivity index (χ1) is 22.4. The minimum Gasteiger partial charge on any atom is -0.264 e. The molecule has 1 nitrogen and oxygen atoms in total. The Balaban J connectivity index is 1.54. The van der Waals surface area contributed by atoms with E-state index in [4.69, 9.17) is 0 Å². The molecule has 0 saturated carbocycles. The molecule has 0 amide bonds. The van der Waals surface area contributed by atoms with Gasteiger partial charge in [-0.2, -0.15) is 0 Å². The summed E-state index contributed by atoms with van der Waals surface area (Å²) in [4.78, 5) is 4.32. The lowest BCUT2D eigenvalue weighted by molar-refractivity contribution is 0.173. The van der Waals surface area contributed by atoms with E-state index in [2.05, 4.69) is 150 Å². The fraction of sp³-hybridized carbons (Fsp3) is 0.311. The number of allylic oxidation sites excluding steroid dienone is 12. The summed E-state index contributed by atoms with van der Waals surface area (Å²) in [5, 5.41) is 0. The quantitative estimate of drug-likeness (QED) is 0.156. The van der Waals surface area contributed by atoms with Crippen LogP contribution in [-0.2, 0) is 0 Å². The van der Waals surface area contributed by atoms with Gasteiger partial charge in [0.15, 0.2) is 0 Å².